The van der Waals surface area contributed by atoms with Crippen molar-refractivity contribution >= 4 is 27.6 Å². The Labute approximate surface area is 176 Å². The molecule has 31 heavy (non-hydrogen) atoms. The van der Waals surface area contributed by atoms with Crippen LogP contribution in [0, 0.1) is 6.92 Å². The van der Waals surface area contributed by atoms with Gasteiger partial charge in [0.25, 0.3) is 11.5 Å². The number of ether oxygens (including phenoxy) is 2. The van der Waals surface area contributed by atoms with Gasteiger partial charge in [0.2, 0.25) is 10.0 Å². The van der Waals surface area contributed by atoms with Gasteiger partial charge in [-0.05, 0) is 24.6 Å². The number of hydrogen-bond donors (Lipinski definition) is 3. The van der Waals surface area contributed by atoms with E-state index in [1.54, 1.807) is 13.0 Å². The minimum Gasteiger partial charge on any atom is -0.451 e. The number of amides is 1. The molecule has 0 atom stereocenters. The van der Waals surface area contributed by atoms with Crippen LogP contribution in [0.4, 0.5) is 5.69 Å². The molecule has 1 aliphatic heterocycles. The van der Waals surface area contributed by atoms with Crippen molar-refractivity contribution in [3.05, 3.63) is 56.4 Å². The molecular formula is C18H20N4O8S. The van der Waals surface area contributed by atoms with Crippen molar-refractivity contribution in [2.45, 2.75) is 11.8 Å². The number of hydrogen-bond acceptors (Lipinski definition) is 8. The normalized spacial score (nSPS) is 14.7. The molecule has 1 saturated heterocycles. The van der Waals surface area contributed by atoms with Crippen LogP contribution in [0.2, 0.25) is 0 Å². The quantitative estimate of drug-likeness (QED) is 0.478. The second-order valence-corrected chi connectivity index (χ2v) is 8.55. The number of nitrogens with one attached hydrogen (secondary N) is 3. The van der Waals surface area contributed by atoms with Crippen LogP contribution in [-0.2, 0) is 24.3 Å². The zero-order valence-corrected chi connectivity index (χ0v) is 17.3. The van der Waals surface area contributed by atoms with Crippen LogP contribution < -0.4 is 16.6 Å². The number of morpholine rings is 1. The first kappa shape index (κ1) is 22.4. The Morgan fingerprint density at radius 2 is 1.87 bits per heavy atom. The van der Waals surface area contributed by atoms with Crippen molar-refractivity contribution in [2.75, 3.05) is 38.2 Å². The SMILES string of the molecule is Cc1ccc(NC(=O)COC(=O)c2cc(=O)[nH]c(=O)[nH]2)c(S(=O)(=O)N2CCOCC2)c1. The minimum atomic E-state index is -3.89. The molecule has 0 bridgehead atoms. The summed E-state index contributed by atoms with van der Waals surface area (Å²) in [5.41, 5.74) is -1.43. The number of aromatic nitrogens is 2. The van der Waals surface area contributed by atoms with Crippen molar-refractivity contribution in [3.63, 3.8) is 0 Å². The smallest absolute Gasteiger partial charge is 0.355 e. The summed E-state index contributed by atoms with van der Waals surface area (Å²) in [6, 6.07) is 5.32. The number of nitrogens with zero attached hydrogens (tertiary/aromatic N) is 1. The summed E-state index contributed by atoms with van der Waals surface area (Å²) >= 11 is 0. The van der Waals surface area contributed by atoms with Crippen LogP contribution in [-0.4, -0.2) is 67.5 Å². The predicted molar refractivity (Wildman–Crippen MR) is 107 cm³/mol. The van der Waals surface area contributed by atoms with E-state index in [-0.39, 0.29) is 36.9 Å². The number of aromatic amines is 2. The fourth-order valence-corrected chi connectivity index (χ4v) is 4.49. The van der Waals surface area contributed by atoms with Crippen LogP contribution in [0.1, 0.15) is 16.1 Å². The minimum absolute atomic E-state index is 0.0303. The number of sulfonamides is 1. The molecule has 2 aromatic rings. The van der Waals surface area contributed by atoms with Gasteiger partial charge in [0.05, 0.1) is 18.9 Å². The van der Waals surface area contributed by atoms with Gasteiger partial charge in [-0.2, -0.15) is 4.31 Å². The number of carbonyl (C=O) groups excluding carboxylic acids is 2. The molecule has 166 valence electrons. The second-order valence-electron chi connectivity index (χ2n) is 6.64. The van der Waals surface area contributed by atoms with E-state index >= 15 is 0 Å². The molecule has 1 amide bonds. The zero-order valence-electron chi connectivity index (χ0n) is 16.5. The molecule has 0 aliphatic carbocycles. The van der Waals surface area contributed by atoms with Crippen LogP contribution in [0.5, 0.6) is 0 Å². The second kappa shape index (κ2) is 9.24. The van der Waals surface area contributed by atoms with Gasteiger partial charge in [0.15, 0.2) is 6.61 Å². The topological polar surface area (TPSA) is 168 Å². The van der Waals surface area contributed by atoms with E-state index < -0.39 is 45.4 Å². The summed E-state index contributed by atoms with van der Waals surface area (Å²) in [6.45, 7) is 1.87. The number of esters is 1. The van der Waals surface area contributed by atoms with Crippen LogP contribution in [0.25, 0.3) is 0 Å². The number of rotatable bonds is 6. The molecule has 0 unspecified atom stereocenters. The van der Waals surface area contributed by atoms with Crippen LogP contribution in [0.3, 0.4) is 0 Å². The highest BCUT2D eigenvalue weighted by Crippen LogP contribution is 2.26. The number of H-pyrrole nitrogens is 2. The third-order valence-corrected chi connectivity index (χ3v) is 6.25. The lowest BCUT2D eigenvalue weighted by atomic mass is 10.2. The maximum absolute atomic E-state index is 13.0. The standard InChI is InChI=1S/C18H20N4O8S/c1-11-2-3-12(14(8-11)31(27,28)22-4-6-29-7-5-22)19-16(24)10-30-17(25)13-9-15(23)21-18(26)20-13/h2-3,8-9H,4-7,10H2,1H3,(H,19,24)(H2,20,21,23,26). The summed E-state index contributed by atoms with van der Waals surface area (Å²) in [7, 11) is -3.89. The summed E-state index contributed by atoms with van der Waals surface area (Å²) in [4.78, 5) is 50.6. The molecule has 1 aromatic heterocycles. The first-order chi connectivity index (χ1) is 14.7. The highest BCUT2D eigenvalue weighted by molar-refractivity contribution is 7.89. The van der Waals surface area contributed by atoms with E-state index in [2.05, 4.69) is 10.3 Å². The van der Waals surface area contributed by atoms with E-state index in [1.807, 2.05) is 4.98 Å². The first-order valence-electron chi connectivity index (χ1n) is 9.16. The van der Waals surface area contributed by atoms with E-state index in [0.29, 0.717) is 5.56 Å². The number of anilines is 1. The van der Waals surface area contributed by atoms with E-state index in [1.165, 1.54) is 16.4 Å². The van der Waals surface area contributed by atoms with Crippen molar-refractivity contribution in [2.24, 2.45) is 0 Å². The third-order valence-electron chi connectivity index (χ3n) is 4.31. The van der Waals surface area contributed by atoms with Crippen molar-refractivity contribution < 1.29 is 27.5 Å². The maximum Gasteiger partial charge on any atom is 0.355 e. The third kappa shape index (κ3) is 5.45. The van der Waals surface area contributed by atoms with Gasteiger partial charge < -0.3 is 19.8 Å². The van der Waals surface area contributed by atoms with Gasteiger partial charge in [-0.3, -0.25) is 14.6 Å². The molecule has 2 heterocycles. The summed E-state index contributed by atoms with van der Waals surface area (Å²) < 4.78 is 37.3. The van der Waals surface area contributed by atoms with Gasteiger partial charge in [0.1, 0.15) is 10.6 Å². The summed E-state index contributed by atoms with van der Waals surface area (Å²) in [6.07, 6.45) is 0. The Kier molecular flexibility index (Phi) is 6.68. The molecule has 1 fully saturated rings. The highest BCUT2D eigenvalue weighted by atomic mass is 32.2. The van der Waals surface area contributed by atoms with Gasteiger partial charge in [-0.25, -0.2) is 18.0 Å². The van der Waals surface area contributed by atoms with Crippen molar-refractivity contribution in [1.82, 2.24) is 14.3 Å². The molecule has 3 N–H and O–H groups in total. The highest BCUT2D eigenvalue weighted by Gasteiger charge is 2.29. The maximum atomic E-state index is 13.0. The molecule has 0 spiro atoms. The van der Waals surface area contributed by atoms with E-state index in [9.17, 15) is 27.6 Å². The lowest BCUT2D eigenvalue weighted by Gasteiger charge is -2.27. The first-order valence-corrected chi connectivity index (χ1v) is 10.6. The van der Waals surface area contributed by atoms with Gasteiger partial charge >= 0.3 is 11.7 Å². The van der Waals surface area contributed by atoms with E-state index in [4.69, 9.17) is 9.47 Å². The molecule has 0 saturated carbocycles. The van der Waals surface area contributed by atoms with Crippen LogP contribution in [0.15, 0.2) is 38.8 Å². The Hall–Kier alpha value is -3.29. The monoisotopic (exact) mass is 452 g/mol. The van der Waals surface area contributed by atoms with Crippen LogP contribution >= 0.6 is 0 Å². The number of aryl methyl sites for hydroxylation is 1. The molecule has 1 aliphatic rings. The van der Waals surface area contributed by atoms with Gasteiger partial charge in [-0.15, -0.1) is 0 Å². The molecule has 12 nitrogen and oxygen atoms in total. The summed E-state index contributed by atoms with van der Waals surface area (Å²) in [5.74, 6) is -1.90. The lowest BCUT2D eigenvalue weighted by molar-refractivity contribution is -0.119. The average Bonchev–Trinajstić information content (AvgIpc) is 2.73. The van der Waals surface area contributed by atoms with E-state index in [0.717, 1.165) is 6.07 Å². The Bertz CT molecular complexity index is 1180. The van der Waals surface area contributed by atoms with Gasteiger partial charge in [-0.1, -0.05) is 6.07 Å². The van der Waals surface area contributed by atoms with Crippen molar-refractivity contribution in [3.8, 4) is 0 Å². The molecule has 0 radical (unpaired) electrons. The largest absolute Gasteiger partial charge is 0.451 e. The Morgan fingerprint density at radius 3 is 2.55 bits per heavy atom. The predicted octanol–water partition coefficient (Wildman–Crippen LogP) is -0.812. The molecule has 1 aromatic carbocycles. The van der Waals surface area contributed by atoms with Crippen molar-refractivity contribution in [1.29, 1.82) is 0 Å². The number of carbonyl (C=O) groups is 2. The zero-order chi connectivity index (χ0) is 22.6. The lowest BCUT2D eigenvalue weighted by Crippen LogP contribution is -2.41. The summed E-state index contributed by atoms with van der Waals surface area (Å²) in [5, 5.41) is 2.42. The number of benzene rings is 1. The molecular weight excluding hydrogens is 432 g/mol. The fraction of sp³-hybridized carbons (Fsp3) is 0.333. The molecule has 13 heteroatoms. The molecule has 3 rings (SSSR count). The average molecular weight is 452 g/mol. The Balaban J connectivity index is 1.73. The fourth-order valence-electron chi connectivity index (χ4n) is 2.85. The Morgan fingerprint density at radius 1 is 1.16 bits per heavy atom. The van der Waals surface area contributed by atoms with Gasteiger partial charge in [0, 0.05) is 19.2 Å².